The maximum absolute atomic E-state index is 11.9. The summed E-state index contributed by atoms with van der Waals surface area (Å²) in [7, 11) is -0.699. The van der Waals surface area contributed by atoms with Crippen molar-refractivity contribution in [3.63, 3.8) is 0 Å². The summed E-state index contributed by atoms with van der Waals surface area (Å²) < 4.78 is 4.85. The highest BCUT2D eigenvalue weighted by molar-refractivity contribution is 7.98. The van der Waals surface area contributed by atoms with Crippen LogP contribution in [0, 0.1) is 0 Å². The number of benzene rings is 3. The zero-order valence-corrected chi connectivity index (χ0v) is 15.0. The molecule has 0 unspecified atom stereocenters. The molecule has 0 radical (unpaired) electrons. The molecule has 0 N–H and O–H groups in total. The van der Waals surface area contributed by atoms with E-state index in [4.69, 9.17) is 4.74 Å². The molecule has 0 saturated heterocycles. The molecule has 0 atom stereocenters. The van der Waals surface area contributed by atoms with Gasteiger partial charge in [0.2, 0.25) is 0 Å². The van der Waals surface area contributed by atoms with Gasteiger partial charge in [-0.3, -0.25) is 0 Å². The molecule has 2 nitrogen and oxygen atoms in total. The Kier molecular flexibility index (Phi) is 5.42. The second-order valence-corrected chi connectivity index (χ2v) is 8.86. The molecular formula is C22H20O2P+. The molecule has 0 fully saturated rings. The standard InChI is InChI=1S/C22H20O2P/c1-24-22(23)17-18-25(19-11-5-2-6-12-19,20-13-7-3-8-14-20)21-15-9-4-10-16-21/h2-18H,1H3/q+1. The third kappa shape index (κ3) is 3.55. The highest BCUT2D eigenvalue weighted by Crippen LogP contribution is 2.56. The van der Waals surface area contributed by atoms with E-state index in [2.05, 4.69) is 36.4 Å². The summed E-state index contributed by atoms with van der Waals surface area (Å²) >= 11 is 0. The Labute approximate surface area is 149 Å². The van der Waals surface area contributed by atoms with Crippen LogP contribution in [0.25, 0.3) is 0 Å². The van der Waals surface area contributed by atoms with Crippen LogP contribution < -0.4 is 15.9 Å². The number of carbonyl (C=O) groups is 1. The number of esters is 1. The van der Waals surface area contributed by atoms with Gasteiger partial charge in [-0.2, -0.15) is 0 Å². The normalized spacial score (nSPS) is 11.4. The van der Waals surface area contributed by atoms with Crippen molar-refractivity contribution < 1.29 is 9.53 Å². The Bertz CT molecular complexity index is 746. The molecule has 3 aromatic carbocycles. The average Bonchev–Trinajstić information content (AvgIpc) is 2.71. The van der Waals surface area contributed by atoms with E-state index in [9.17, 15) is 4.79 Å². The van der Waals surface area contributed by atoms with Crippen LogP contribution in [0.4, 0.5) is 0 Å². The van der Waals surface area contributed by atoms with Crippen molar-refractivity contribution in [2.45, 2.75) is 0 Å². The minimum atomic E-state index is -2.10. The van der Waals surface area contributed by atoms with Crippen LogP contribution in [0.5, 0.6) is 0 Å². The van der Waals surface area contributed by atoms with Crippen LogP contribution in [0.1, 0.15) is 0 Å². The smallest absolute Gasteiger partial charge is 0.333 e. The quantitative estimate of drug-likeness (QED) is 0.400. The Morgan fingerprint density at radius 1 is 0.720 bits per heavy atom. The molecule has 0 aliphatic carbocycles. The lowest BCUT2D eigenvalue weighted by Gasteiger charge is -2.23. The van der Waals surface area contributed by atoms with Crippen molar-refractivity contribution in [3.8, 4) is 0 Å². The topological polar surface area (TPSA) is 26.3 Å². The van der Waals surface area contributed by atoms with E-state index in [0.29, 0.717) is 0 Å². The van der Waals surface area contributed by atoms with Gasteiger partial charge in [0.15, 0.2) is 0 Å². The fourth-order valence-electron chi connectivity index (χ4n) is 2.94. The predicted octanol–water partition coefficient (Wildman–Crippen LogP) is 3.67. The zero-order valence-electron chi connectivity index (χ0n) is 14.1. The number of methoxy groups -OCH3 is 1. The molecule has 0 spiro atoms. The summed E-state index contributed by atoms with van der Waals surface area (Å²) in [6, 6.07) is 31.1. The van der Waals surface area contributed by atoms with E-state index in [1.165, 1.54) is 23.0 Å². The maximum atomic E-state index is 11.9. The van der Waals surface area contributed by atoms with Crippen molar-refractivity contribution in [1.82, 2.24) is 0 Å². The molecule has 3 aromatic rings. The van der Waals surface area contributed by atoms with E-state index in [-0.39, 0.29) is 5.97 Å². The second kappa shape index (κ2) is 7.92. The van der Waals surface area contributed by atoms with E-state index in [0.717, 1.165) is 0 Å². The van der Waals surface area contributed by atoms with Gasteiger partial charge in [0.25, 0.3) is 0 Å². The predicted molar refractivity (Wildman–Crippen MR) is 106 cm³/mol. The molecule has 0 aliphatic rings. The van der Waals surface area contributed by atoms with Crippen LogP contribution in [0.3, 0.4) is 0 Å². The molecular weight excluding hydrogens is 327 g/mol. The van der Waals surface area contributed by atoms with Gasteiger partial charge in [-0.25, -0.2) is 4.79 Å². The lowest BCUT2D eigenvalue weighted by molar-refractivity contribution is -0.134. The number of carbonyl (C=O) groups excluding carboxylic acids is 1. The Morgan fingerprint density at radius 2 is 1.08 bits per heavy atom. The lowest BCUT2D eigenvalue weighted by atomic mass is 10.4. The SMILES string of the molecule is COC(=O)C=C[P+](c1ccccc1)(c1ccccc1)c1ccccc1. The Morgan fingerprint density at radius 3 is 1.40 bits per heavy atom. The van der Waals surface area contributed by atoms with Gasteiger partial charge >= 0.3 is 5.97 Å². The molecule has 0 aromatic heterocycles. The van der Waals surface area contributed by atoms with Gasteiger partial charge in [0, 0.05) is 0 Å². The van der Waals surface area contributed by atoms with Crippen molar-refractivity contribution in [2.24, 2.45) is 0 Å². The molecule has 0 amide bonds. The third-order valence-corrected chi connectivity index (χ3v) is 8.06. The first-order valence-electron chi connectivity index (χ1n) is 8.10. The van der Waals surface area contributed by atoms with Gasteiger partial charge in [-0.15, -0.1) is 0 Å². The summed E-state index contributed by atoms with van der Waals surface area (Å²) in [4.78, 5) is 11.9. The van der Waals surface area contributed by atoms with Gasteiger partial charge in [0.1, 0.15) is 23.2 Å². The van der Waals surface area contributed by atoms with E-state index in [1.54, 1.807) is 6.08 Å². The minimum Gasteiger partial charge on any atom is -0.466 e. The van der Waals surface area contributed by atoms with Crippen LogP contribution in [0.2, 0.25) is 0 Å². The first-order chi connectivity index (χ1) is 12.3. The average molecular weight is 347 g/mol. The van der Waals surface area contributed by atoms with Gasteiger partial charge in [-0.1, -0.05) is 54.6 Å². The fourth-order valence-corrected chi connectivity index (χ4v) is 6.62. The highest BCUT2D eigenvalue weighted by Gasteiger charge is 2.43. The first kappa shape index (κ1) is 17.1. The van der Waals surface area contributed by atoms with Crippen LogP contribution in [0.15, 0.2) is 103 Å². The summed E-state index contributed by atoms with van der Waals surface area (Å²) in [5.74, 6) is 1.70. The number of rotatable bonds is 5. The van der Waals surface area contributed by atoms with Crippen molar-refractivity contribution in [3.05, 3.63) is 103 Å². The first-order valence-corrected chi connectivity index (χ1v) is 9.96. The number of hydrogen-bond acceptors (Lipinski definition) is 2. The summed E-state index contributed by atoms with van der Waals surface area (Å²) in [5, 5.41) is 3.60. The lowest BCUT2D eigenvalue weighted by Crippen LogP contribution is -2.29. The van der Waals surface area contributed by atoms with Gasteiger partial charge in [0.05, 0.1) is 19.0 Å². The highest BCUT2D eigenvalue weighted by atomic mass is 31.2. The molecule has 124 valence electrons. The molecule has 0 heterocycles. The fraction of sp³-hybridized carbons (Fsp3) is 0.0455. The number of hydrogen-bond donors (Lipinski definition) is 0. The molecule has 3 heteroatoms. The number of ether oxygens (including phenoxy) is 1. The second-order valence-electron chi connectivity index (χ2n) is 5.57. The van der Waals surface area contributed by atoms with Crippen LogP contribution in [-0.2, 0) is 9.53 Å². The molecule has 0 bridgehead atoms. The van der Waals surface area contributed by atoms with Crippen molar-refractivity contribution in [1.29, 1.82) is 0 Å². The molecule has 3 rings (SSSR count). The Balaban J connectivity index is 2.31. The maximum Gasteiger partial charge on any atom is 0.333 e. The van der Waals surface area contributed by atoms with Crippen molar-refractivity contribution in [2.75, 3.05) is 7.11 Å². The monoisotopic (exact) mass is 347 g/mol. The van der Waals surface area contributed by atoms with E-state index < -0.39 is 7.26 Å². The van der Waals surface area contributed by atoms with Gasteiger partial charge in [-0.05, 0) is 36.4 Å². The van der Waals surface area contributed by atoms with Gasteiger partial charge < -0.3 is 4.74 Å². The zero-order chi connectivity index (χ0) is 17.5. The summed E-state index contributed by atoms with van der Waals surface area (Å²) in [5.41, 5.74) is 0. The van der Waals surface area contributed by atoms with Crippen LogP contribution >= 0.6 is 7.26 Å². The van der Waals surface area contributed by atoms with Crippen LogP contribution in [-0.4, -0.2) is 13.1 Å². The molecule has 25 heavy (non-hydrogen) atoms. The summed E-state index contributed by atoms with van der Waals surface area (Å²) in [6.45, 7) is 0. The third-order valence-electron chi connectivity index (χ3n) is 4.13. The van der Waals surface area contributed by atoms with E-state index >= 15 is 0 Å². The van der Waals surface area contributed by atoms with E-state index in [1.807, 2.05) is 60.4 Å². The largest absolute Gasteiger partial charge is 0.466 e. The molecule has 0 saturated carbocycles. The van der Waals surface area contributed by atoms with Crippen molar-refractivity contribution >= 4 is 29.1 Å². The Hall–Kier alpha value is -2.70. The minimum absolute atomic E-state index is 0.341. The molecule has 0 aliphatic heterocycles. The summed E-state index contributed by atoms with van der Waals surface area (Å²) in [6.07, 6.45) is 1.56.